The van der Waals surface area contributed by atoms with Crippen LogP contribution in [-0.4, -0.2) is 87.7 Å². The number of benzene rings is 1. The van der Waals surface area contributed by atoms with Gasteiger partial charge in [0.25, 0.3) is 0 Å². The molecule has 1 amide bonds. The van der Waals surface area contributed by atoms with Crippen LogP contribution in [0.25, 0.3) is 0 Å². The maximum Gasteiger partial charge on any atom is 0.234 e. The number of carbonyl (C=O) groups is 1. The predicted octanol–water partition coefficient (Wildman–Crippen LogP) is 2.09. The zero-order valence-corrected chi connectivity index (χ0v) is 20.8. The van der Waals surface area contributed by atoms with Crippen molar-refractivity contribution in [2.45, 2.75) is 46.1 Å². The Bertz CT molecular complexity index is 771. The van der Waals surface area contributed by atoms with Crippen LogP contribution in [0, 0.1) is 0 Å². The fraction of sp³-hybridized carbons (Fsp3) is 0.667. The lowest BCUT2D eigenvalue weighted by molar-refractivity contribution is -0.123. The molecule has 8 heteroatoms. The van der Waals surface area contributed by atoms with Crippen molar-refractivity contribution < 1.29 is 14.3 Å². The first-order valence-electron chi connectivity index (χ1n) is 11.5. The molecule has 8 nitrogen and oxygen atoms in total. The summed E-state index contributed by atoms with van der Waals surface area (Å²) < 4.78 is 10.8. The van der Waals surface area contributed by atoms with E-state index < -0.39 is 0 Å². The Morgan fingerprint density at radius 1 is 1.12 bits per heavy atom. The second kappa shape index (κ2) is 11.9. The average Bonchev–Trinajstić information content (AvgIpc) is 2.76. The summed E-state index contributed by atoms with van der Waals surface area (Å²) in [5, 5.41) is 6.40. The van der Waals surface area contributed by atoms with Gasteiger partial charge in [0.05, 0.1) is 27.3 Å². The first-order valence-corrected chi connectivity index (χ1v) is 11.5. The highest BCUT2D eigenvalue weighted by Gasteiger charge is 2.25. The number of nitrogens with zero attached hydrogens (tertiary/aromatic N) is 3. The van der Waals surface area contributed by atoms with Crippen molar-refractivity contribution in [2.75, 3.05) is 60.0 Å². The monoisotopic (exact) mass is 447 g/mol. The van der Waals surface area contributed by atoms with E-state index in [4.69, 9.17) is 14.5 Å². The Morgan fingerprint density at radius 2 is 1.78 bits per heavy atom. The molecule has 0 bridgehead atoms. The number of piperazine rings is 1. The summed E-state index contributed by atoms with van der Waals surface area (Å²) in [7, 11) is 3.30. The Kier molecular flexibility index (Phi) is 9.62. The van der Waals surface area contributed by atoms with Gasteiger partial charge in [0.15, 0.2) is 17.5 Å². The maximum absolute atomic E-state index is 12.1. The van der Waals surface area contributed by atoms with Gasteiger partial charge in [0, 0.05) is 44.2 Å². The molecule has 1 aliphatic heterocycles. The van der Waals surface area contributed by atoms with Crippen LogP contribution in [0.15, 0.2) is 23.2 Å². The second-order valence-electron chi connectivity index (χ2n) is 9.11. The lowest BCUT2D eigenvalue weighted by Crippen LogP contribution is -2.54. The summed E-state index contributed by atoms with van der Waals surface area (Å²) in [6, 6.07) is 6.22. The van der Waals surface area contributed by atoms with Gasteiger partial charge in [0.2, 0.25) is 5.91 Å². The number of ether oxygens (including phenoxy) is 2. The molecule has 0 spiro atoms. The van der Waals surface area contributed by atoms with Crippen molar-refractivity contribution in [1.29, 1.82) is 0 Å². The van der Waals surface area contributed by atoms with Gasteiger partial charge in [-0.3, -0.25) is 14.7 Å². The van der Waals surface area contributed by atoms with Crippen LogP contribution in [-0.2, 0) is 10.2 Å². The summed E-state index contributed by atoms with van der Waals surface area (Å²) in [6.07, 6.45) is 0. The number of hydrogen-bond acceptors (Lipinski definition) is 5. The summed E-state index contributed by atoms with van der Waals surface area (Å²) in [5.74, 6) is 2.47. The largest absolute Gasteiger partial charge is 0.493 e. The summed E-state index contributed by atoms with van der Waals surface area (Å²) >= 11 is 0. The van der Waals surface area contributed by atoms with E-state index in [0.29, 0.717) is 13.1 Å². The van der Waals surface area contributed by atoms with Gasteiger partial charge in [-0.1, -0.05) is 19.9 Å². The molecule has 1 saturated heterocycles. The highest BCUT2D eigenvalue weighted by atomic mass is 16.5. The van der Waals surface area contributed by atoms with E-state index in [2.05, 4.69) is 47.3 Å². The molecule has 1 fully saturated rings. The summed E-state index contributed by atoms with van der Waals surface area (Å²) in [6.45, 7) is 15.7. The van der Waals surface area contributed by atoms with Gasteiger partial charge in [-0.2, -0.15) is 0 Å². The Morgan fingerprint density at radius 3 is 2.34 bits per heavy atom. The maximum atomic E-state index is 12.1. The molecule has 1 aliphatic rings. The van der Waals surface area contributed by atoms with Crippen LogP contribution in [0.5, 0.6) is 11.5 Å². The second-order valence-corrected chi connectivity index (χ2v) is 9.11. The Balaban J connectivity index is 2.03. The first-order chi connectivity index (χ1) is 15.2. The SMILES string of the molecule is CCNC(=NCC(C)(C)c1ccc(OC)c(OC)c1)N1CCN(CC(=O)NC(C)C)CC1. The van der Waals surface area contributed by atoms with Crippen LogP contribution < -0.4 is 20.1 Å². The minimum Gasteiger partial charge on any atom is -0.493 e. The summed E-state index contributed by atoms with van der Waals surface area (Å²) in [5.41, 5.74) is 0.979. The van der Waals surface area contributed by atoms with Gasteiger partial charge in [-0.05, 0) is 38.5 Å². The fourth-order valence-corrected chi connectivity index (χ4v) is 3.74. The number of rotatable bonds is 9. The molecule has 1 heterocycles. The van der Waals surface area contributed by atoms with Gasteiger partial charge < -0.3 is 25.0 Å². The molecular formula is C24H41N5O3. The van der Waals surface area contributed by atoms with Crippen LogP contribution in [0.1, 0.15) is 40.2 Å². The van der Waals surface area contributed by atoms with Crippen LogP contribution in [0.4, 0.5) is 0 Å². The quantitative estimate of drug-likeness (QED) is 0.446. The van der Waals surface area contributed by atoms with Crippen molar-refractivity contribution in [3.8, 4) is 11.5 Å². The molecule has 0 aromatic heterocycles. The molecular weight excluding hydrogens is 406 g/mol. The fourth-order valence-electron chi connectivity index (χ4n) is 3.74. The standard InChI is InChI=1S/C24H41N5O3/c1-8-25-23(29-13-11-28(12-14-29)16-22(30)27-18(2)3)26-17-24(4,5)19-9-10-20(31-6)21(15-19)32-7/h9-10,15,18H,8,11-14,16-17H2,1-7H3,(H,25,26)(H,27,30). The smallest absolute Gasteiger partial charge is 0.234 e. The van der Waals surface area contributed by atoms with Crippen molar-refractivity contribution in [1.82, 2.24) is 20.4 Å². The third-order valence-corrected chi connectivity index (χ3v) is 5.61. The van der Waals surface area contributed by atoms with Gasteiger partial charge in [-0.15, -0.1) is 0 Å². The van der Waals surface area contributed by atoms with Crippen molar-refractivity contribution in [2.24, 2.45) is 4.99 Å². The van der Waals surface area contributed by atoms with E-state index in [1.807, 2.05) is 26.0 Å². The lowest BCUT2D eigenvalue weighted by Gasteiger charge is -2.36. The predicted molar refractivity (Wildman–Crippen MR) is 130 cm³/mol. The number of amides is 1. The minimum atomic E-state index is -0.170. The molecule has 0 aliphatic carbocycles. The molecule has 1 aromatic carbocycles. The number of nitrogens with one attached hydrogen (secondary N) is 2. The average molecular weight is 448 g/mol. The third-order valence-electron chi connectivity index (χ3n) is 5.61. The van der Waals surface area contributed by atoms with Crippen LogP contribution in [0.2, 0.25) is 0 Å². The van der Waals surface area contributed by atoms with Crippen molar-refractivity contribution in [3.05, 3.63) is 23.8 Å². The van der Waals surface area contributed by atoms with Crippen molar-refractivity contribution >= 4 is 11.9 Å². The van der Waals surface area contributed by atoms with Gasteiger partial charge in [-0.25, -0.2) is 0 Å². The number of guanidine groups is 1. The number of aliphatic imine (C=N–C) groups is 1. The van der Waals surface area contributed by atoms with Crippen LogP contribution in [0.3, 0.4) is 0 Å². The Hall–Kier alpha value is -2.48. The molecule has 2 rings (SSSR count). The molecule has 2 N–H and O–H groups in total. The molecule has 0 unspecified atom stereocenters. The molecule has 0 atom stereocenters. The molecule has 0 radical (unpaired) electrons. The van der Waals surface area contributed by atoms with Gasteiger partial charge >= 0.3 is 0 Å². The van der Waals surface area contributed by atoms with E-state index in [1.165, 1.54) is 0 Å². The highest BCUT2D eigenvalue weighted by Crippen LogP contribution is 2.33. The van der Waals surface area contributed by atoms with Gasteiger partial charge in [0.1, 0.15) is 0 Å². The van der Waals surface area contributed by atoms with E-state index in [-0.39, 0.29) is 17.4 Å². The zero-order chi connectivity index (χ0) is 23.7. The molecule has 0 saturated carbocycles. The summed E-state index contributed by atoms with van der Waals surface area (Å²) in [4.78, 5) is 21.5. The minimum absolute atomic E-state index is 0.0886. The first kappa shape index (κ1) is 25.8. The van der Waals surface area contributed by atoms with E-state index >= 15 is 0 Å². The Labute approximate surface area is 193 Å². The van der Waals surface area contributed by atoms with E-state index in [9.17, 15) is 4.79 Å². The topological polar surface area (TPSA) is 78.4 Å². The third kappa shape index (κ3) is 7.29. The van der Waals surface area contributed by atoms with Crippen LogP contribution >= 0.6 is 0 Å². The van der Waals surface area contributed by atoms with E-state index in [1.54, 1.807) is 14.2 Å². The van der Waals surface area contributed by atoms with E-state index in [0.717, 1.165) is 55.7 Å². The van der Waals surface area contributed by atoms with Crippen molar-refractivity contribution in [3.63, 3.8) is 0 Å². The molecule has 180 valence electrons. The number of methoxy groups -OCH3 is 2. The number of hydrogen-bond donors (Lipinski definition) is 2. The molecule has 32 heavy (non-hydrogen) atoms. The zero-order valence-electron chi connectivity index (χ0n) is 20.8. The lowest BCUT2D eigenvalue weighted by atomic mass is 9.84. The molecule has 1 aromatic rings. The normalized spacial score (nSPS) is 15.6. The highest BCUT2D eigenvalue weighted by molar-refractivity contribution is 5.80. The number of carbonyl (C=O) groups excluding carboxylic acids is 1.